The Labute approximate surface area is 138 Å². The molecule has 1 aliphatic rings. The third kappa shape index (κ3) is 3.10. The van der Waals surface area contributed by atoms with E-state index in [4.69, 9.17) is 0 Å². The van der Waals surface area contributed by atoms with Crippen LogP contribution in [0.1, 0.15) is 19.4 Å². The smallest absolute Gasteiger partial charge is 0.240 e. The van der Waals surface area contributed by atoms with Crippen LogP contribution in [0.25, 0.3) is 0 Å². The number of nitrogens with one attached hydrogen (secondary N) is 1. The van der Waals surface area contributed by atoms with Crippen molar-refractivity contribution in [1.82, 2.24) is 10.2 Å². The van der Waals surface area contributed by atoms with Gasteiger partial charge in [0, 0.05) is 18.8 Å². The van der Waals surface area contributed by atoms with Crippen molar-refractivity contribution in [3.05, 3.63) is 29.8 Å². The SMILES string of the molecule is CCNc1nnc(SC(C)C(=O)N2CCc3ccccc32)s1. The molecule has 1 atom stereocenters. The lowest BCUT2D eigenvalue weighted by molar-refractivity contribution is -0.117. The summed E-state index contributed by atoms with van der Waals surface area (Å²) in [5.41, 5.74) is 2.30. The van der Waals surface area contributed by atoms with E-state index in [-0.39, 0.29) is 11.2 Å². The second-order valence-corrected chi connectivity index (χ2v) is 7.60. The van der Waals surface area contributed by atoms with Gasteiger partial charge in [0.05, 0.1) is 5.25 Å². The number of fused-ring (bicyclic) bond motifs is 1. The highest BCUT2D eigenvalue weighted by Crippen LogP contribution is 2.33. The summed E-state index contributed by atoms with van der Waals surface area (Å²) in [4.78, 5) is 14.6. The third-order valence-electron chi connectivity index (χ3n) is 3.51. The minimum Gasteiger partial charge on any atom is -0.360 e. The molecule has 1 aromatic heterocycles. The van der Waals surface area contributed by atoms with E-state index in [1.165, 1.54) is 28.7 Å². The summed E-state index contributed by atoms with van der Waals surface area (Å²) >= 11 is 2.96. The van der Waals surface area contributed by atoms with Crippen molar-refractivity contribution in [3.63, 3.8) is 0 Å². The van der Waals surface area contributed by atoms with Gasteiger partial charge in [0.1, 0.15) is 0 Å². The number of anilines is 2. The molecule has 0 spiro atoms. The van der Waals surface area contributed by atoms with Crippen LogP contribution in [0.3, 0.4) is 0 Å². The minimum absolute atomic E-state index is 0.134. The molecule has 5 nitrogen and oxygen atoms in total. The molecular weight excluding hydrogens is 316 g/mol. The fraction of sp³-hybridized carbons (Fsp3) is 0.400. The Morgan fingerprint density at radius 1 is 1.45 bits per heavy atom. The van der Waals surface area contributed by atoms with Crippen molar-refractivity contribution < 1.29 is 4.79 Å². The molecule has 1 aliphatic heterocycles. The molecule has 0 radical (unpaired) electrons. The normalized spacial score (nSPS) is 14.7. The zero-order valence-corrected chi connectivity index (χ0v) is 14.2. The number of amides is 1. The number of aromatic nitrogens is 2. The number of thioether (sulfide) groups is 1. The molecule has 0 fully saturated rings. The molecule has 1 aromatic carbocycles. The Morgan fingerprint density at radius 2 is 2.27 bits per heavy atom. The van der Waals surface area contributed by atoms with Crippen LogP contribution in [-0.4, -0.2) is 34.4 Å². The van der Waals surface area contributed by atoms with Gasteiger partial charge in [-0.2, -0.15) is 0 Å². The Bertz CT molecular complexity index is 673. The molecule has 1 N–H and O–H groups in total. The van der Waals surface area contributed by atoms with Gasteiger partial charge in [0.2, 0.25) is 11.0 Å². The molecule has 22 heavy (non-hydrogen) atoms. The average molecular weight is 334 g/mol. The van der Waals surface area contributed by atoms with Crippen molar-refractivity contribution in [3.8, 4) is 0 Å². The van der Waals surface area contributed by atoms with Crippen LogP contribution in [0.2, 0.25) is 0 Å². The average Bonchev–Trinajstić information content (AvgIpc) is 3.13. The van der Waals surface area contributed by atoms with Crippen molar-refractivity contribution in [2.45, 2.75) is 29.9 Å². The summed E-state index contributed by atoms with van der Waals surface area (Å²) in [6.45, 7) is 5.54. The molecule has 1 unspecified atom stereocenters. The molecule has 0 saturated heterocycles. The Hall–Kier alpha value is -1.60. The maximum absolute atomic E-state index is 12.7. The van der Waals surface area contributed by atoms with E-state index in [1.807, 2.05) is 36.9 Å². The highest BCUT2D eigenvalue weighted by Gasteiger charge is 2.28. The topological polar surface area (TPSA) is 58.1 Å². The summed E-state index contributed by atoms with van der Waals surface area (Å²) in [5, 5.41) is 12.0. The molecular formula is C15H18N4OS2. The van der Waals surface area contributed by atoms with Crippen LogP contribution >= 0.6 is 23.1 Å². The number of rotatable bonds is 5. The summed E-state index contributed by atoms with van der Waals surface area (Å²) < 4.78 is 0.823. The van der Waals surface area contributed by atoms with Gasteiger partial charge in [0.15, 0.2) is 4.34 Å². The Morgan fingerprint density at radius 3 is 3.09 bits per heavy atom. The molecule has 3 rings (SSSR count). The first-order valence-electron chi connectivity index (χ1n) is 7.32. The van der Waals surface area contributed by atoms with Crippen molar-refractivity contribution in [1.29, 1.82) is 0 Å². The number of nitrogens with zero attached hydrogens (tertiary/aromatic N) is 3. The van der Waals surface area contributed by atoms with Gasteiger partial charge in [0.25, 0.3) is 0 Å². The van der Waals surface area contributed by atoms with Gasteiger partial charge in [-0.05, 0) is 31.9 Å². The van der Waals surface area contributed by atoms with E-state index >= 15 is 0 Å². The first-order chi connectivity index (χ1) is 10.7. The standard InChI is InChI=1S/C15H18N4OS2/c1-3-16-14-17-18-15(22-14)21-10(2)13(20)19-9-8-11-6-4-5-7-12(11)19/h4-7,10H,3,8-9H2,1-2H3,(H,16,17). The third-order valence-corrected chi connectivity index (χ3v) is 5.57. The van der Waals surface area contributed by atoms with E-state index in [2.05, 4.69) is 21.6 Å². The highest BCUT2D eigenvalue weighted by molar-refractivity contribution is 8.02. The molecule has 0 aliphatic carbocycles. The molecule has 2 heterocycles. The van der Waals surface area contributed by atoms with Crippen LogP contribution < -0.4 is 10.2 Å². The van der Waals surface area contributed by atoms with Gasteiger partial charge in [-0.1, -0.05) is 41.3 Å². The summed E-state index contributed by atoms with van der Waals surface area (Å²) in [6, 6.07) is 8.11. The molecule has 7 heteroatoms. The van der Waals surface area contributed by atoms with E-state index < -0.39 is 0 Å². The predicted octanol–water partition coefficient (Wildman–Crippen LogP) is 3.04. The fourth-order valence-electron chi connectivity index (χ4n) is 2.47. The first kappa shape index (κ1) is 15.3. The summed E-state index contributed by atoms with van der Waals surface area (Å²) in [7, 11) is 0. The molecule has 116 valence electrons. The van der Waals surface area contributed by atoms with E-state index in [0.29, 0.717) is 0 Å². The van der Waals surface area contributed by atoms with Gasteiger partial charge < -0.3 is 10.2 Å². The monoisotopic (exact) mass is 334 g/mol. The van der Waals surface area contributed by atoms with Crippen molar-refractivity contribution in [2.24, 2.45) is 0 Å². The van der Waals surface area contributed by atoms with E-state index in [1.54, 1.807) is 0 Å². The van der Waals surface area contributed by atoms with Gasteiger partial charge in [-0.25, -0.2) is 0 Å². The van der Waals surface area contributed by atoms with Crippen LogP contribution in [0.5, 0.6) is 0 Å². The van der Waals surface area contributed by atoms with Crippen LogP contribution in [0.15, 0.2) is 28.6 Å². The van der Waals surface area contributed by atoms with E-state index in [9.17, 15) is 4.79 Å². The van der Waals surface area contributed by atoms with Gasteiger partial charge >= 0.3 is 0 Å². The lowest BCUT2D eigenvalue weighted by atomic mass is 10.2. The second-order valence-electron chi connectivity index (χ2n) is 5.03. The van der Waals surface area contributed by atoms with Gasteiger partial charge in [-0.15, -0.1) is 10.2 Å². The lowest BCUT2D eigenvalue weighted by Gasteiger charge is -2.20. The number of carbonyl (C=O) groups is 1. The maximum atomic E-state index is 12.7. The lowest BCUT2D eigenvalue weighted by Crippen LogP contribution is -2.35. The number of para-hydroxylation sites is 1. The first-order valence-corrected chi connectivity index (χ1v) is 9.02. The number of benzene rings is 1. The Balaban J connectivity index is 1.67. The number of hydrogen-bond donors (Lipinski definition) is 1. The molecule has 0 saturated carbocycles. The van der Waals surface area contributed by atoms with Gasteiger partial charge in [-0.3, -0.25) is 4.79 Å². The zero-order valence-electron chi connectivity index (χ0n) is 12.6. The van der Waals surface area contributed by atoms with Crippen molar-refractivity contribution >= 4 is 39.8 Å². The van der Waals surface area contributed by atoms with Crippen LogP contribution in [0, 0.1) is 0 Å². The summed E-state index contributed by atoms with van der Waals surface area (Å²) in [6.07, 6.45) is 0.933. The van der Waals surface area contributed by atoms with Crippen LogP contribution in [-0.2, 0) is 11.2 Å². The fourth-order valence-corrected chi connectivity index (χ4v) is 4.49. The summed E-state index contributed by atoms with van der Waals surface area (Å²) in [5.74, 6) is 0.134. The quantitative estimate of drug-likeness (QED) is 0.852. The molecule has 0 bridgehead atoms. The highest BCUT2D eigenvalue weighted by atomic mass is 32.2. The molecule has 1 amide bonds. The second kappa shape index (κ2) is 6.66. The van der Waals surface area contributed by atoms with Crippen LogP contribution in [0.4, 0.5) is 10.8 Å². The molecule has 2 aromatic rings. The predicted molar refractivity (Wildman–Crippen MR) is 91.9 cm³/mol. The zero-order chi connectivity index (χ0) is 15.5. The minimum atomic E-state index is -0.173. The maximum Gasteiger partial charge on any atom is 0.240 e. The Kier molecular flexibility index (Phi) is 4.63. The van der Waals surface area contributed by atoms with E-state index in [0.717, 1.165) is 34.7 Å². The number of carbonyl (C=O) groups excluding carboxylic acids is 1. The number of hydrogen-bond acceptors (Lipinski definition) is 6. The largest absolute Gasteiger partial charge is 0.360 e. The van der Waals surface area contributed by atoms with Crippen molar-refractivity contribution in [2.75, 3.05) is 23.3 Å².